The maximum Gasteiger partial charge on any atom is 0.279 e. The Hall–Kier alpha value is -2.19. The zero-order chi connectivity index (χ0) is 19.2. The standard InChI is InChI=1S/C21H25N3O3S/c25-15-13-23-9-11-24(12-10-23)14-16-26-17-5-7-18(8-6-17)27-21-22-19-3-1-2-4-20(19)28-21/h1-8,25H,9-16H2. The summed E-state index contributed by atoms with van der Waals surface area (Å²) in [5, 5.41) is 9.65. The van der Waals surface area contributed by atoms with Gasteiger partial charge in [-0.2, -0.15) is 0 Å². The lowest BCUT2D eigenvalue weighted by Gasteiger charge is -2.34. The summed E-state index contributed by atoms with van der Waals surface area (Å²) < 4.78 is 12.9. The molecule has 1 aliphatic rings. The topological polar surface area (TPSA) is 58.1 Å². The molecule has 0 bridgehead atoms. The smallest absolute Gasteiger partial charge is 0.279 e. The number of aliphatic hydroxyl groups is 1. The number of piperazine rings is 1. The summed E-state index contributed by atoms with van der Waals surface area (Å²) in [5.74, 6) is 1.60. The van der Waals surface area contributed by atoms with Crippen LogP contribution in [-0.2, 0) is 0 Å². The average Bonchev–Trinajstić information content (AvgIpc) is 3.13. The minimum absolute atomic E-state index is 0.238. The Morgan fingerprint density at radius 2 is 1.57 bits per heavy atom. The molecule has 28 heavy (non-hydrogen) atoms. The Morgan fingerprint density at radius 3 is 2.29 bits per heavy atom. The molecular formula is C21H25N3O3S. The number of ether oxygens (including phenoxy) is 2. The first-order chi connectivity index (χ1) is 13.8. The number of nitrogens with zero attached hydrogens (tertiary/aromatic N) is 3. The molecule has 6 nitrogen and oxygen atoms in total. The van der Waals surface area contributed by atoms with Crippen molar-refractivity contribution in [2.24, 2.45) is 0 Å². The van der Waals surface area contributed by atoms with Crippen molar-refractivity contribution in [3.8, 4) is 16.7 Å². The van der Waals surface area contributed by atoms with Crippen molar-refractivity contribution in [3.63, 3.8) is 0 Å². The van der Waals surface area contributed by atoms with Gasteiger partial charge < -0.3 is 14.6 Å². The van der Waals surface area contributed by atoms with E-state index in [2.05, 4.69) is 14.8 Å². The fourth-order valence-corrected chi connectivity index (χ4v) is 4.10. The first-order valence-corrected chi connectivity index (χ1v) is 10.4. The maximum atomic E-state index is 9.00. The molecule has 0 saturated carbocycles. The van der Waals surface area contributed by atoms with Crippen LogP contribution >= 0.6 is 11.3 Å². The van der Waals surface area contributed by atoms with E-state index in [4.69, 9.17) is 14.6 Å². The van der Waals surface area contributed by atoms with Gasteiger partial charge in [-0.3, -0.25) is 9.80 Å². The van der Waals surface area contributed by atoms with Crippen LogP contribution in [0.15, 0.2) is 48.5 Å². The summed E-state index contributed by atoms with van der Waals surface area (Å²) in [6, 6.07) is 15.7. The Labute approximate surface area is 168 Å². The van der Waals surface area contributed by atoms with Gasteiger partial charge in [-0.25, -0.2) is 4.98 Å². The molecule has 0 radical (unpaired) electrons. The minimum atomic E-state index is 0.238. The first-order valence-electron chi connectivity index (χ1n) is 9.62. The van der Waals surface area contributed by atoms with E-state index in [1.54, 1.807) is 11.3 Å². The van der Waals surface area contributed by atoms with Gasteiger partial charge in [0, 0.05) is 39.3 Å². The number of benzene rings is 2. The summed E-state index contributed by atoms with van der Waals surface area (Å²) in [6.07, 6.45) is 0. The fraction of sp³-hybridized carbons (Fsp3) is 0.381. The van der Waals surface area contributed by atoms with Gasteiger partial charge in [0.1, 0.15) is 18.1 Å². The molecule has 1 aliphatic heterocycles. The van der Waals surface area contributed by atoms with Crippen molar-refractivity contribution in [3.05, 3.63) is 48.5 Å². The predicted molar refractivity (Wildman–Crippen MR) is 112 cm³/mol. The van der Waals surface area contributed by atoms with Gasteiger partial charge >= 0.3 is 0 Å². The molecular weight excluding hydrogens is 374 g/mol. The molecule has 148 valence electrons. The average molecular weight is 400 g/mol. The molecule has 0 aliphatic carbocycles. The zero-order valence-electron chi connectivity index (χ0n) is 15.8. The third kappa shape index (κ3) is 4.99. The monoisotopic (exact) mass is 399 g/mol. The van der Waals surface area contributed by atoms with Crippen molar-refractivity contribution < 1.29 is 14.6 Å². The van der Waals surface area contributed by atoms with Crippen LogP contribution in [0.3, 0.4) is 0 Å². The van der Waals surface area contributed by atoms with Gasteiger partial charge in [-0.05, 0) is 36.4 Å². The van der Waals surface area contributed by atoms with Crippen molar-refractivity contribution in [2.75, 3.05) is 52.5 Å². The molecule has 0 atom stereocenters. The summed E-state index contributed by atoms with van der Waals surface area (Å²) in [4.78, 5) is 9.19. The lowest BCUT2D eigenvalue weighted by molar-refractivity contribution is 0.102. The van der Waals surface area contributed by atoms with Crippen LogP contribution in [0.1, 0.15) is 0 Å². The highest BCUT2D eigenvalue weighted by Gasteiger charge is 2.15. The highest BCUT2D eigenvalue weighted by molar-refractivity contribution is 7.20. The quantitative estimate of drug-likeness (QED) is 0.628. The van der Waals surface area contributed by atoms with Crippen LogP contribution in [0.4, 0.5) is 0 Å². The number of aliphatic hydroxyl groups excluding tert-OH is 1. The number of para-hydroxylation sites is 1. The Morgan fingerprint density at radius 1 is 0.893 bits per heavy atom. The largest absolute Gasteiger partial charge is 0.492 e. The number of rotatable bonds is 8. The molecule has 1 fully saturated rings. The summed E-state index contributed by atoms with van der Waals surface area (Å²) in [7, 11) is 0. The SMILES string of the molecule is OCCN1CCN(CCOc2ccc(Oc3nc4ccccc4s3)cc2)CC1. The van der Waals surface area contributed by atoms with E-state index in [0.717, 1.165) is 61.0 Å². The van der Waals surface area contributed by atoms with Gasteiger partial charge in [0.05, 0.1) is 16.8 Å². The van der Waals surface area contributed by atoms with E-state index in [1.165, 1.54) is 0 Å². The third-order valence-corrected chi connectivity index (χ3v) is 5.77. The molecule has 0 amide bonds. The van der Waals surface area contributed by atoms with Crippen molar-refractivity contribution in [1.29, 1.82) is 0 Å². The van der Waals surface area contributed by atoms with E-state index in [0.29, 0.717) is 11.8 Å². The first kappa shape index (κ1) is 19.1. The number of hydrogen-bond acceptors (Lipinski definition) is 7. The van der Waals surface area contributed by atoms with E-state index < -0.39 is 0 Å². The molecule has 4 rings (SSSR count). The van der Waals surface area contributed by atoms with Gasteiger partial charge in [0.25, 0.3) is 5.19 Å². The van der Waals surface area contributed by atoms with Crippen LogP contribution < -0.4 is 9.47 Å². The van der Waals surface area contributed by atoms with Crippen LogP contribution in [0.5, 0.6) is 16.7 Å². The zero-order valence-corrected chi connectivity index (χ0v) is 16.6. The summed E-state index contributed by atoms with van der Waals surface area (Å²) >= 11 is 1.54. The number of aromatic nitrogens is 1. The normalized spacial score (nSPS) is 15.8. The van der Waals surface area contributed by atoms with E-state index in [9.17, 15) is 0 Å². The molecule has 7 heteroatoms. The van der Waals surface area contributed by atoms with Crippen molar-refractivity contribution >= 4 is 21.6 Å². The van der Waals surface area contributed by atoms with Gasteiger partial charge in [0.2, 0.25) is 0 Å². The van der Waals surface area contributed by atoms with E-state index in [1.807, 2.05) is 48.5 Å². The summed E-state index contributed by atoms with van der Waals surface area (Å²) in [5.41, 5.74) is 0.958. The Balaban J connectivity index is 1.22. The molecule has 1 saturated heterocycles. The van der Waals surface area contributed by atoms with E-state index in [-0.39, 0.29) is 6.61 Å². The number of thiazole rings is 1. The fourth-order valence-electron chi connectivity index (χ4n) is 3.27. The predicted octanol–water partition coefficient (Wildman–Crippen LogP) is 3.08. The molecule has 0 unspecified atom stereocenters. The number of hydrogen-bond donors (Lipinski definition) is 1. The lowest BCUT2D eigenvalue weighted by Crippen LogP contribution is -2.48. The molecule has 3 aromatic rings. The highest BCUT2D eigenvalue weighted by Crippen LogP contribution is 2.31. The second-order valence-electron chi connectivity index (χ2n) is 6.78. The molecule has 2 heterocycles. The maximum absolute atomic E-state index is 9.00. The van der Waals surface area contributed by atoms with Crippen molar-refractivity contribution in [2.45, 2.75) is 0 Å². The van der Waals surface area contributed by atoms with Crippen molar-refractivity contribution in [1.82, 2.24) is 14.8 Å². The van der Waals surface area contributed by atoms with Crippen LogP contribution in [0.25, 0.3) is 10.2 Å². The molecule has 1 aromatic heterocycles. The second-order valence-corrected chi connectivity index (χ2v) is 7.77. The molecule has 0 spiro atoms. The minimum Gasteiger partial charge on any atom is -0.492 e. The van der Waals surface area contributed by atoms with Gasteiger partial charge in [-0.15, -0.1) is 0 Å². The molecule has 2 aromatic carbocycles. The molecule has 1 N–H and O–H groups in total. The Kier molecular flexibility index (Phi) is 6.38. The number of fused-ring (bicyclic) bond motifs is 1. The second kappa shape index (κ2) is 9.34. The van der Waals surface area contributed by atoms with Crippen LogP contribution in [0, 0.1) is 0 Å². The van der Waals surface area contributed by atoms with Gasteiger partial charge in [0.15, 0.2) is 0 Å². The lowest BCUT2D eigenvalue weighted by atomic mass is 10.3. The van der Waals surface area contributed by atoms with E-state index >= 15 is 0 Å². The van der Waals surface area contributed by atoms with Crippen LogP contribution in [-0.4, -0.2) is 72.4 Å². The Bertz CT molecular complexity index is 843. The third-order valence-electron chi connectivity index (χ3n) is 4.86. The van der Waals surface area contributed by atoms with Gasteiger partial charge in [-0.1, -0.05) is 23.5 Å². The summed E-state index contributed by atoms with van der Waals surface area (Å²) in [6.45, 7) is 6.67. The number of β-amino-alcohol motifs (C(OH)–C–C–N with tert-alkyl or cyclic N) is 1. The highest BCUT2D eigenvalue weighted by atomic mass is 32.1. The van der Waals surface area contributed by atoms with Crippen LogP contribution in [0.2, 0.25) is 0 Å².